The molecule has 3 rings (SSSR count). The summed E-state index contributed by atoms with van der Waals surface area (Å²) in [6.07, 6.45) is -0.418. The van der Waals surface area contributed by atoms with Crippen molar-refractivity contribution < 1.29 is 17.9 Å². The van der Waals surface area contributed by atoms with E-state index in [0.29, 0.717) is 19.6 Å². The number of carbonyl (C=O) groups is 1. The number of fused-ring (bicyclic) bond motifs is 1. The van der Waals surface area contributed by atoms with Crippen molar-refractivity contribution in [3.8, 4) is 0 Å². The summed E-state index contributed by atoms with van der Waals surface area (Å²) in [5.74, 6) is 0.117. The van der Waals surface area contributed by atoms with Crippen molar-refractivity contribution in [3.05, 3.63) is 35.9 Å². The van der Waals surface area contributed by atoms with Gasteiger partial charge in [0.05, 0.1) is 17.5 Å². The first kappa shape index (κ1) is 18.2. The van der Waals surface area contributed by atoms with Crippen molar-refractivity contribution in [3.63, 3.8) is 0 Å². The Morgan fingerprint density at radius 2 is 1.76 bits per heavy atom. The van der Waals surface area contributed by atoms with E-state index in [9.17, 15) is 13.2 Å². The van der Waals surface area contributed by atoms with Gasteiger partial charge >= 0.3 is 6.09 Å². The fraction of sp³-hybridized carbons (Fsp3) is 0.611. The smallest absolute Gasteiger partial charge is 0.410 e. The molecule has 2 aliphatic heterocycles. The van der Waals surface area contributed by atoms with E-state index >= 15 is 0 Å². The fourth-order valence-electron chi connectivity index (χ4n) is 3.59. The molecule has 6 nitrogen and oxygen atoms in total. The number of benzene rings is 1. The minimum Gasteiger partial charge on any atom is -0.444 e. The van der Waals surface area contributed by atoms with Gasteiger partial charge in [0.1, 0.15) is 5.60 Å². The van der Waals surface area contributed by atoms with Gasteiger partial charge in [0.15, 0.2) is 9.84 Å². The summed E-state index contributed by atoms with van der Waals surface area (Å²) >= 11 is 0. The number of hydrogen-bond acceptors (Lipinski definition) is 5. The quantitative estimate of drug-likeness (QED) is 0.800. The van der Waals surface area contributed by atoms with Gasteiger partial charge in [-0.2, -0.15) is 0 Å². The minimum absolute atomic E-state index is 0.0161. The van der Waals surface area contributed by atoms with Crippen LogP contribution in [0.2, 0.25) is 0 Å². The zero-order chi connectivity index (χ0) is 18.2. The molecule has 2 atom stereocenters. The molecule has 2 saturated heterocycles. The molecule has 0 N–H and O–H groups in total. The highest BCUT2D eigenvalue weighted by Crippen LogP contribution is 2.29. The predicted molar refractivity (Wildman–Crippen MR) is 96.0 cm³/mol. The summed E-state index contributed by atoms with van der Waals surface area (Å²) in [5, 5.41) is 0. The Morgan fingerprint density at radius 1 is 1.12 bits per heavy atom. The van der Waals surface area contributed by atoms with Gasteiger partial charge in [0.25, 0.3) is 0 Å². The Labute approximate surface area is 149 Å². The van der Waals surface area contributed by atoms with Gasteiger partial charge in [0, 0.05) is 25.7 Å². The first-order valence-corrected chi connectivity index (χ1v) is 10.4. The van der Waals surface area contributed by atoms with Gasteiger partial charge < -0.3 is 9.64 Å². The molecule has 1 aromatic rings. The van der Waals surface area contributed by atoms with Gasteiger partial charge in [-0.15, -0.1) is 0 Å². The van der Waals surface area contributed by atoms with Crippen LogP contribution < -0.4 is 0 Å². The molecule has 7 heteroatoms. The number of nitrogens with zero attached hydrogens (tertiary/aromatic N) is 2. The summed E-state index contributed by atoms with van der Waals surface area (Å²) in [4.78, 5) is 16.3. The molecule has 1 aromatic carbocycles. The number of piperazine rings is 1. The lowest BCUT2D eigenvalue weighted by Gasteiger charge is -2.44. The molecule has 0 spiro atoms. The Balaban J connectivity index is 1.79. The molecule has 2 fully saturated rings. The molecule has 0 bridgehead atoms. The highest BCUT2D eigenvalue weighted by molar-refractivity contribution is 7.91. The molecule has 1 amide bonds. The zero-order valence-corrected chi connectivity index (χ0v) is 15.8. The fourth-order valence-corrected chi connectivity index (χ4v) is 5.60. The molecule has 0 saturated carbocycles. The Kier molecular flexibility index (Phi) is 4.81. The van der Waals surface area contributed by atoms with Crippen LogP contribution in [0, 0.1) is 0 Å². The molecule has 2 heterocycles. The number of ether oxygens (including phenoxy) is 1. The van der Waals surface area contributed by atoms with Gasteiger partial charge in [-0.3, -0.25) is 4.90 Å². The van der Waals surface area contributed by atoms with Crippen molar-refractivity contribution in [2.75, 3.05) is 24.6 Å². The number of rotatable bonds is 2. The van der Waals surface area contributed by atoms with Crippen molar-refractivity contribution in [1.29, 1.82) is 0 Å². The van der Waals surface area contributed by atoms with Crippen LogP contribution in [0.25, 0.3) is 0 Å². The maximum atomic E-state index is 12.5. The van der Waals surface area contributed by atoms with Crippen molar-refractivity contribution in [2.45, 2.75) is 45.0 Å². The average Bonchev–Trinajstić information content (AvgIpc) is 2.82. The second-order valence-electron chi connectivity index (χ2n) is 7.84. The van der Waals surface area contributed by atoms with Crippen LogP contribution in [0.1, 0.15) is 26.3 Å². The van der Waals surface area contributed by atoms with E-state index < -0.39 is 21.5 Å². The average molecular weight is 366 g/mol. The van der Waals surface area contributed by atoms with Gasteiger partial charge in [-0.25, -0.2) is 13.2 Å². The summed E-state index contributed by atoms with van der Waals surface area (Å²) < 4.78 is 30.0. The van der Waals surface area contributed by atoms with Crippen LogP contribution in [0.4, 0.5) is 4.79 Å². The number of sulfone groups is 1. The maximum Gasteiger partial charge on any atom is 0.410 e. The van der Waals surface area contributed by atoms with Crippen LogP contribution in [0.5, 0.6) is 0 Å². The van der Waals surface area contributed by atoms with Crippen molar-refractivity contribution in [1.82, 2.24) is 9.80 Å². The maximum absolute atomic E-state index is 12.5. The Bertz CT molecular complexity index is 727. The highest BCUT2D eigenvalue weighted by atomic mass is 32.2. The predicted octanol–water partition coefficient (Wildman–Crippen LogP) is 1.90. The molecule has 0 radical (unpaired) electrons. The molecule has 2 aliphatic rings. The topological polar surface area (TPSA) is 66.9 Å². The van der Waals surface area contributed by atoms with Crippen LogP contribution in [-0.4, -0.2) is 66.6 Å². The van der Waals surface area contributed by atoms with Crippen LogP contribution in [-0.2, 0) is 21.1 Å². The summed E-state index contributed by atoms with van der Waals surface area (Å²) in [6, 6.07) is 9.50. The highest BCUT2D eigenvalue weighted by Gasteiger charge is 2.48. The largest absolute Gasteiger partial charge is 0.444 e. The standard InChI is InChI=1S/C18H26N2O4S/c1-18(2,3)24-17(21)20-10-9-19(11-14-7-5-4-6-8-14)15-12-25(22,23)13-16(15)20/h4-8,15-16H,9-13H2,1-3H3/t15-,16+/m1/s1. The van der Waals surface area contributed by atoms with Crippen molar-refractivity contribution >= 4 is 15.9 Å². The third kappa shape index (κ3) is 4.33. The Hall–Kier alpha value is -1.60. The normalized spacial score (nSPS) is 26.3. The lowest BCUT2D eigenvalue weighted by Crippen LogP contribution is -2.60. The van der Waals surface area contributed by atoms with E-state index in [-0.39, 0.29) is 23.6 Å². The molecule has 0 unspecified atom stereocenters. The van der Waals surface area contributed by atoms with Crippen molar-refractivity contribution in [2.24, 2.45) is 0 Å². The number of carbonyl (C=O) groups excluding carboxylic acids is 1. The zero-order valence-electron chi connectivity index (χ0n) is 15.0. The number of amides is 1. The minimum atomic E-state index is -3.16. The van der Waals surface area contributed by atoms with E-state index in [1.165, 1.54) is 0 Å². The molecule has 25 heavy (non-hydrogen) atoms. The second-order valence-corrected chi connectivity index (χ2v) is 10.00. The lowest BCUT2D eigenvalue weighted by molar-refractivity contribution is -0.0105. The number of hydrogen-bond donors (Lipinski definition) is 0. The third-order valence-corrected chi connectivity index (χ3v) is 6.35. The van der Waals surface area contributed by atoms with Gasteiger partial charge in [-0.1, -0.05) is 30.3 Å². The van der Waals surface area contributed by atoms with Gasteiger partial charge in [-0.05, 0) is 26.3 Å². The van der Waals surface area contributed by atoms with E-state index in [4.69, 9.17) is 4.74 Å². The first-order chi connectivity index (χ1) is 11.6. The molecule has 0 aliphatic carbocycles. The molecular weight excluding hydrogens is 340 g/mol. The monoisotopic (exact) mass is 366 g/mol. The third-order valence-electron chi connectivity index (χ3n) is 4.65. The van der Waals surface area contributed by atoms with Crippen LogP contribution >= 0.6 is 0 Å². The SMILES string of the molecule is CC(C)(C)OC(=O)N1CCN(Cc2ccccc2)[C@@H]2CS(=O)(=O)C[C@@H]21. The van der Waals surface area contributed by atoms with Crippen LogP contribution in [0.15, 0.2) is 30.3 Å². The molecule has 138 valence electrons. The van der Waals surface area contributed by atoms with E-state index in [1.54, 1.807) is 4.90 Å². The van der Waals surface area contributed by atoms with E-state index in [1.807, 2.05) is 51.1 Å². The molecule has 0 aromatic heterocycles. The summed E-state index contributed by atoms with van der Waals surface area (Å²) in [5.41, 5.74) is 0.557. The summed E-state index contributed by atoms with van der Waals surface area (Å²) in [6.45, 7) is 7.28. The molecular formula is C18H26N2O4S. The van der Waals surface area contributed by atoms with E-state index in [0.717, 1.165) is 5.56 Å². The van der Waals surface area contributed by atoms with Gasteiger partial charge in [0.2, 0.25) is 0 Å². The second kappa shape index (κ2) is 6.61. The van der Waals surface area contributed by atoms with E-state index in [2.05, 4.69) is 4.90 Å². The van der Waals surface area contributed by atoms with Crippen LogP contribution in [0.3, 0.4) is 0 Å². The summed E-state index contributed by atoms with van der Waals surface area (Å²) in [7, 11) is -3.16. The lowest BCUT2D eigenvalue weighted by atomic mass is 10.0. The Morgan fingerprint density at radius 3 is 2.40 bits per heavy atom. The first-order valence-electron chi connectivity index (χ1n) is 8.63.